The minimum atomic E-state index is -0.118. The maximum absolute atomic E-state index is 6.43. The molecule has 0 radical (unpaired) electrons. The Morgan fingerprint density at radius 3 is 2.60 bits per heavy atom. The fourth-order valence-corrected chi connectivity index (χ4v) is 2.76. The van der Waals surface area contributed by atoms with E-state index < -0.39 is 0 Å². The zero-order valence-electron chi connectivity index (χ0n) is 12.5. The average molecular weight is 296 g/mol. The molecule has 2 aromatic rings. The lowest BCUT2D eigenvalue weighted by molar-refractivity contribution is 0.584. The number of hydrogen-bond donors (Lipinski definition) is 1. The number of halogens is 1. The molecular weight excluding hydrogens is 274 g/mol. The highest BCUT2D eigenvalue weighted by molar-refractivity contribution is 6.31. The van der Waals surface area contributed by atoms with Gasteiger partial charge < -0.3 is 5.73 Å². The summed E-state index contributed by atoms with van der Waals surface area (Å²) >= 11 is 6.43. The summed E-state index contributed by atoms with van der Waals surface area (Å²) in [5.41, 5.74) is 10.4. The van der Waals surface area contributed by atoms with Crippen molar-refractivity contribution in [2.24, 2.45) is 12.8 Å². The van der Waals surface area contributed by atoms with Gasteiger partial charge in [0.25, 0.3) is 0 Å². The molecule has 0 aliphatic carbocycles. The quantitative estimate of drug-likeness (QED) is 0.921. The lowest BCUT2D eigenvalue weighted by Gasteiger charge is -2.13. The van der Waals surface area contributed by atoms with Gasteiger partial charge >= 0.3 is 0 Å². The van der Waals surface area contributed by atoms with Gasteiger partial charge in [0.05, 0.1) is 22.6 Å². The van der Waals surface area contributed by atoms with Crippen molar-refractivity contribution in [1.82, 2.24) is 19.6 Å². The predicted octanol–water partition coefficient (Wildman–Crippen LogP) is 2.40. The summed E-state index contributed by atoms with van der Waals surface area (Å²) < 4.78 is 3.79. The molecule has 1 atom stereocenters. The van der Waals surface area contributed by atoms with Crippen molar-refractivity contribution in [1.29, 1.82) is 0 Å². The first-order valence-corrected chi connectivity index (χ1v) is 7.35. The molecule has 2 heterocycles. The first-order chi connectivity index (χ1) is 9.49. The molecule has 0 saturated carbocycles. The van der Waals surface area contributed by atoms with E-state index in [1.165, 1.54) is 0 Å². The van der Waals surface area contributed by atoms with E-state index in [1.54, 1.807) is 0 Å². The van der Waals surface area contributed by atoms with E-state index in [0.29, 0.717) is 6.42 Å². The summed E-state index contributed by atoms with van der Waals surface area (Å²) in [6, 6.07) is -0.118. The Hall–Kier alpha value is -1.33. The highest BCUT2D eigenvalue weighted by Crippen LogP contribution is 2.26. The van der Waals surface area contributed by atoms with E-state index in [4.69, 9.17) is 17.3 Å². The average Bonchev–Trinajstić information content (AvgIpc) is 2.92. The highest BCUT2D eigenvalue weighted by atomic mass is 35.5. The molecular formula is C14H22ClN5. The third-order valence-electron chi connectivity index (χ3n) is 3.78. The van der Waals surface area contributed by atoms with Crippen LogP contribution < -0.4 is 5.73 Å². The third kappa shape index (κ3) is 2.60. The minimum absolute atomic E-state index is 0.118. The van der Waals surface area contributed by atoms with E-state index in [9.17, 15) is 0 Å². The second-order valence-electron chi connectivity index (χ2n) is 5.00. The van der Waals surface area contributed by atoms with Crippen LogP contribution in [0.3, 0.4) is 0 Å². The largest absolute Gasteiger partial charge is 0.324 e. The molecule has 110 valence electrons. The van der Waals surface area contributed by atoms with Crippen LogP contribution in [-0.2, 0) is 26.4 Å². The van der Waals surface area contributed by atoms with Gasteiger partial charge in [-0.05, 0) is 20.3 Å². The number of rotatable bonds is 5. The molecule has 5 nitrogen and oxygen atoms in total. The second-order valence-corrected chi connectivity index (χ2v) is 5.37. The van der Waals surface area contributed by atoms with E-state index in [0.717, 1.165) is 40.6 Å². The zero-order valence-corrected chi connectivity index (χ0v) is 13.3. The number of hydrogen-bond acceptors (Lipinski definition) is 3. The van der Waals surface area contributed by atoms with Gasteiger partial charge in [-0.25, -0.2) is 0 Å². The normalized spacial score (nSPS) is 12.9. The molecule has 0 aromatic carbocycles. The lowest BCUT2D eigenvalue weighted by atomic mass is 10.0. The Labute approximate surface area is 124 Å². The predicted molar refractivity (Wildman–Crippen MR) is 80.9 cm³/mol. The summed E-state index contributed by atoms with van der Waals surface area (Å²) in [6.45, 7) is 6.95. The van der Waals surface area contributed by atoms with Crippen molar-refractivity contribution in [3.63, 3.8) is 0 Å². The maximum Gasteiger partial charge on any atom is 0.0850 e. The van der Waals surface area contributed by atoms with Crippen molar-refractivity contribution in [3.05, 3.63) is 33.9 Å². The molecule has 0 aliphatic heterocycles. The van der Waals surface area contributed by atoms with Crippen molar-refractivity contribution in [3.8, 4) is 0 Å². The Kier molecular flexibility index (Phi) is 4.50. The molecule has 0 aliphatic rings. The summed E-state index contributed by atoms with van der Waals surface area (Å²) in [5, 5.41) is 9.53. The fourth-order valence-electron chi connectivity index (χ4n) is 2.41. The topological polar surface area (TPSA) is 61.7 Å². The molecule has 0 spiro atoms. The van der Waals surface area contributed by atoms with Crippen molar-refractivity contribution < 1.29 is 0 Å². The maximum atomic E-state index is 6.43. The highest BCUT2D eigenvalue weighted by Gasteiger charge is 2.20. The Balaban J connectivity index is 2.30. The monoisotopic (exact) mass is 295 g/mol. The van der Waals surface area contributed by atoms with Crippen LogP contribution in [0, 0.1) is 6.92 Å². The van der Waals surface area contributed by atoms with Crippen LogP contribution in [0.15, 0.2) is 6.20 Å². The van der Waals surface area contributed by atoms with Gasteiger partial charge in [-0.15, -0.1) is 0 Å². The number of aromatic nitrogens is 4. The Bertz CT molecular complexity index is 599. The van der Waals surface area contributed by atoms with Crippen molar-refractivity contribution in [2.45, 2.75) is 46.2 Å². The van der Waals surface area contributed by atoms with Gasteiger partial charge in [-0.3, -0.25) is 9.36 Å². The zero-order chi connectivity index (χ0) is 14.9. The van der Waals surface area contributed by atoms with Gasteiger partial charge in [-0.2, -0.15) is 10.2 Å². The molecule has 2 N–H and O–H groups in total. The van der Waals surface area contributed by atoms with E-state index in [2.05, 4.69) is 24.0 Å². The van der Waals surface area contributed by atoms with E-state index in [-0.39, 0.29) is 6.04 Å². The Morgan fingerprint density at radius 2 is 2.10 bits per heavy atom. The molecule has 2 aromatic heterocycles. The van der Waals surface area contributed by atoms with Crippen LogP contribution in [0.25, 0.3) is 0 Å². The van der Waals surface area contributed by atoms with Crippen LogP contribution in [0.2, 0.25) is 5.02 Å². The molecule has 20 heavy (non-hydrogen) atoms. The minimum Gasteiger partial charge on any atom is -0.324 e. The van der Waals surface area contributed by atoms with Crippen LogP contribution in [0.5, 0.6) is 0 Å². The van der Waals surface area contributed by atoms with Gasteiger partial charge in [-0.1, -0.05) is 18.5 Å². The summed E-state index contributed by atoms with van der Waals surface area (Å²) in [4.78, 5) is 0. The number of nitrogens with zero attached hydrogens (tertiary/aromatic N) is 4. The van der Waals surface area contributed by atoms with E-state index >= 15 is 0 Å². The van der Waals surface area contributed by atoms with Gasteiger partial charge in [0.1, 0.15) is 0 Å². The number of nitrogens with two attached hydrogens (primary N) is 1. The molecule has 6 heteroatoms. The van der Waals surface area contributed by atoms with E-state index in [1.807, 2.05) is 29.5 Å². The molecule has 0 bridgehead atoms. The second kappa shape index (κ2) is 5.97. The van der Waals surface area contributed by atoms with Crippen LogP contribution in [0.1, 0.15) is 42.5 Å². The van der Waals surface area contributed by atoms with Gasteiger partial charge in [0, 0.05) is 37.3 Å². The van der Waals surface area contributed by atoms with Gasteiger partial charge in [0.2, 0.25) is 0 Å². The third-order valence-corrected chi connectivity index (χ3v) is 4.22. The molecule has 0 fully saturated rings. The summed E-state index contributed by atoms with van der Waals surface area (Å²) in [5.74, 6) is 0. The molecule has 0 saturated heterocycles. The Morgan fingerprint density at radius 1 is 1.40 bits per heavy atom. The summed E-state index contributed by atoms with van der Waals surface area (Å²) in [6.07, 6.45) is 3.34. The number of aryl methyl sites for hydroxylation is 3. The fraction of sp³-hybridized carbons (Fsp3) is 0.571. The van der Waals surface area contributed by atoms with Crippen molar-refractivity contribution in [2.75, 3.05) is 0 Å². The smallest absolute Gasteiger partial charge is 0.0850 e. The first-order valence-electron chi connectivity index (χ1n) is 6.97. The SMILES string of the molecule is CCc1nn(CC)c(CC(N)c2cnn(C)c2C)c1Cl. The lowest BCUT2D eigenvalue weighted by Crippen LogP contribution is -2.17. The van der Waals surface area contributed by atoms with Crippen LogP contribution >= 0.6 is 11.6 Å². The molecule has 0 amide bonds. The standard InChI is InChI=1S/C14H22ClN5/c1-5-12-14(15)13(20(6-2)18-12)7-11(16)10-8-17-19(4)9(10)3/h8,11H,5-7,16H2,1-4H3. The summed E-state index contributed by atoms with van der Waals surface area (Å²) in [7, 11) is 1.92. The van der Waals surface area contributed by atoms with Crippen LogP contribution in [-0.4, -0.2) is 19.6 Å². The van der Waals surface area contributed by atoms with Crippen LogP contribution in [0.4, 0.5) is 0 Å². The molecule has 2 rings (SSSR count). The van der Waals surface area contributed by atoms with Crippen molar-refractivity contribution >= 4 is 11.6 Å². The van der Waals surface area contributed by atoms with Gasteiger partial charge in [0.15, 0.2) is 0 Å². The first kappa shape index (κ1) is 15.1. The molecule has 1 unspecified atom stereocenters.